The molecule has 21 heavy (non-hydrogen) atoms. The maximum absolute atomic E-state index is 9.19. The summed E-state index contributed by atoms with van der Waals surface area (Å²) in [6, 6.07) is 12.6. The predicted octanol–water partition coefficient (Wildman–Crippen LogP) is 5.38. The van der Waals surface area contributed by atoms with E-state index in [1.807, 2.05) is 30.3 Å². The third-order valence-electron chi connectivity index (χ3n) is 2.51. The molecule has 2 aromatic carbocycles. The van der Waals surface area contributed by atoms with Crippen LogP contribution in [0.5, 0.6) is 17.2 Å². The molecule has 0 bridgehead atoms. The fourth-order valence-corrected chi connectivity index (χ4v) is 2.24. The van der Waals surface area contributed by atoms with Gasteiger partial charge < -0.3 is 9.47 Å². The first kappa shape index (κ1) is 16.0. The smallest absolute Gasteiger partial charge is 0.155 e. The highest BCUT2D eigenvalue weighted by Gasteiger charge is 2.12. The van der Waals surface area contributed by atoms with Crippen LogP contribution in [0.2, 0.25) is 5.02 Å². The molecule has 0 N–H and O–H groups in total. The van der Waals surface area contributed by atoms with Crippen molar-refractivity contribution in [3.05, 3.63) is 51.5 Å². The lowest BCUT2D eigenvalue weighted by Gasteiger charge is -2.11. The molecule has 0 amide bonds. The van der Waals surface area contributed by atoms with Crippen molar-refractivity contribution in [1.29, 1.82) is 5.26 Å². The van der Waals surface area contributed by atoms with Gasteiger partial charge in [0, 0.05) is 16.6 Å². The van der Waals surface area contributed by atoms with Gasteiger partial charge in [-0.3, -0.25) is 0 Å². The Balaban J connectivity index is 2.27. The summed E-state index contributed by atoms with van der Waals surface area (Å²) in [4.78, 5) is 0. The molecule has 6 heteroatoms. The van der Waals surface area contributed by atoms with Gasteiger partial charge in [0.25, 0.3) is 0 Å². The Hall–Kier alpha value is -1.41. The van der Waals surface area contributed by atoms with E-state index in [4.69, 9.17) is 32.7 Å². The van der Waals surface area contributed by atoms with Crippen molar-refractivity contribution < 1.29 is 9.47 Å². The number of benzene rings is 2. The average Bonchev–Trinajstić information content (AvgIpc) is 2.48. The Morgan fingerprint density at radius 2 is 1.86 bits per heavy atom. The summed E-state index contributed by atoms with van der Waals surface area (Å²) in [5.41, 5.74) is 0.305. The van der Waals surface area contributed by atoms with Gasteiger partial charge in [0.1, 0.15) is 24.2 Å². The van der Waals surface area contributed by atoms with Crippen molar-refractivity contribution in [3.63, 3.8) is 0 Å². The van der Waals surface area contributed by atoms with Gasteiger partial charge in [-0.15, -0.1) is 11.6 Å². The lowest BCUT2D eigenvalue weighted by atomic mass is 10.2. The molecule has 3 nitrogen and oxygen atoms in total. The SMILES string of the molecule is N#Cc1cc(Oc2ccc(Br)cc2)cc(Cl)c1OCCCl. The molecular weight excluding hydrogens is 377 g/mol. The lowest BCUT2D eigenvalue weighted by molar-refractivity contribution is 0.341. The molecular formula is C15H10BrCl2NO2. The molecule has 0 saturated heterocycles. The molecule has 0 fully saturated rings. The van der Waals surface area contributed by atoms with Crippen LogP contribution in [0.15, 0.2) is 40.9 Å². The largest absolute Gasteiger partial charge is 0.489 e. The molecule has 2 aromatic rings. The second-order valence-electron chi connectivity index (χ2n) is 3.99. The van der Waals surface area contributed by atoms with Crippen molar-refractivity contribution in [2.45, 2.75) is 0 Å². The highest BCUT2D eigenvalue weighted by atomic mass is 79.9. The highest BCUT2D eigenvalue weighted by molar-refractivity contribution is 9.10. The Kier molecular flexibility index (Phi) is 5.75. The Labute approximate surface area is 141 Å². The van der Waals surface area contributed by atoms with E-state index in [0.717, 1.165) is 4.47 Å². The van der Waals surface area contributed by atoms with Gasteiger partial charge >= 0.3 is 0 Å². The van der Waals surface area contributed by atoms with E-state index < -0.39 is 0 Å². The van der Waals surface area contributed by atoms with E-state index in [0.29, 0.717) is 33.7 Å². The topological polar surface area (TPSA) is 42.2 Å². The van der Waals surface area contributed by atoms with Gasteiger partial charge in [-0.2, -0.15) is 5.26 Å². The molecule has 0 heterocycles. The standard InChI is InChI=1S/C15H10BrCl2NO2/c16-11-1-3-12(4-2-11)21-13-7-10(9-19)15(14(18)8-13)20-6-5-17/h1-4,7-8H,5-6H2. The summed E-state index contributed by atoms with van der Waals surface area (Å²) >= 11 is 15.1. The first-order valence-electron chi connectivity index (χ1n) is 6.00. The van der Waals surface area contributed by atoms with Crippen molar-refractivity contribution >= 4 is 39.1 Å². The van der Waals surface area contributed by atoms with Crippen LogP contribution in [0.3, 0.4) is 0 Å². The molecule has 0 radical (unpaired) electrons. The number of hydrogen-bond acceptors (Lipinski definition) is 3. The van der Waals surface area contributed by atoms with Gasteiger partial charge in [-0.05, 0) is 24.3 Å². The third-order valence-corrected chi connectivity index (χ3v) is 3.47. The second kappa shape index (κ2) is 7.56. The second-order valence-corrected chi connectivity index (χ2v) is 5.69. The van der Waals surface area contributed by atoms with Gasteiger partial charge in [0.05, 0.1) is 16.5 Å². The van der Waals surface area contributed by atoms with Gasteiger partial charge in [-0.25, -0.2) is 0 Å². The molecule has 0 aliphatic carbocycles. The first-order chi connectivity index (χ1) is 10.1. The van der Waals surface area contributed by atoms with Gasteiger partial charge in [0.2, 0.25) is 0 Å². The van der Waals surface area contributed by atoms with E-state index in [9.17, 15) is 5.26 Å². The zero-order valence-corrected chi connectivity index (χ0v) is 13.9. The van der Waals surface area contributed by atoms with Crippen LogP contribution in [-0.2, 0) is 0 Å². The van der Waals surface area contributed by atoms with Crippen LogP contribution in [0.1, 0.15) is 5.56 Å². The summed E-state index contributed by atoms with van der Waals surface area (Å²) in [6.45, 7) is 0.281. The first-order valence-corrected chi connectivity index (χ1v) is 7.70. The highest BCUT2D eigenvalue weighted by Crippen LogP contribution is 2.35. The number of hydrogen-bond donors (Lipinski definition) is 0. The summed E-state index contributed by atoms with van der Waals surface area (Å²) in [5, 5.41) is 9.50. The monoisotopic (exact) mass is 385 g/mol. The van der Waals surface area contributed by atoms with E-state index >= 15 is 0 Å². The Morgan fingerprint density at radius 1 is 1.14 bits per heavy atom. The van der Waals surface area contributed by atoms with Crippen LogP contribution < -0.4 is 9.47 Å². The molecule has 2 rings (SSSR count). The minimum absolute atomic E-state index is 0.281. The predicted molar refractivity (Wildman–Crippen MR) is 86.6 cm³/mol. The van der Waals surface area contributed by atoms with Crippen molar-refractivity contribution in [2.75, 3.05) is 12.5 Å². The Bertz CT molecular complexity index is 669. The number of rotatable bonds is 5. The summed E-state index contributed by atoms with van der Waals surface area (Å²) < 4.78 is 12.0. The summed E-state index contributed by atoms with van der Waals surface area (Å²) in [6.07, 6.45) is 0. The molecule has 0 aromatic heterocycles. The fourth-order valence-electron chi connectivity index (χ4n) is 1.64. The zero-order chi connectivity index (χ0) is 15.2. The molecule has 0 atom stereocenters. The molecule has 0 aliphatic heterocycles. The quantitative estimate of drug-likeness (QED) is 0.647. The average molecular weight is 387 g/mol. The molecule has 0 saturated carbocycles. The van der Waals surface area contributed by atoms with E-state index in [1.54, 1.807) is 12.1 Å². The molecule has 0 aliphatic rings. The lowest BCUT2D eigenvalue weighted by Crippen LogP contribution is -2.01. The number of alkyl halides is 1. The van der Waals surface area contributed by atoms with Gasteiger partial charge in [0.15, 0.2) is 5.75 Å². The zero-order valence-electron chi connectivity index (χ0n) is 10.8. The van der Waals surface area contributed by atoms with Gasteiger partial charge in [-0.1, -0.05) is 27.5 Å². The van der Waals surface area contributed by atoms with Crippen LogP contribution in [-0.4, -0.2) is 12.5 Å². The van der Waals surface area contributed by atoms with Crippen LogP contribution in [0.25, 0.3) is 0 Å². The Morgan fingerprint density at radius 3 is 2.48 bits per heavy atom. The van der Waals surface area contributed by atoms with Crippen molar-refractivity contribution in [3.8, 4) is 23.3 Å². The molecule has 0 unspecified atom stereocenters. The van der Waals surface area contributed by atoms with E-state index in [1.165, 1.54) is 0 Å². The summed E-state index contributed by atoms with van der Waals surface area (Å²) in [7, 11) is 0. The fraction of sp³-hybridized carbons (Fsp3) is 0.133. The molecule has 0 spiro atoms. The number of nitrogens with zero attached hydrogens (tertiary/aromatic N) is 1. The van der Waals surface area contributed by atoms with E-state index in [-0.39, 0.29) is 6.61 Å². The van der Waals surface area contributed by atoms with Crippen LogP contribution >= 0.6 is 39.1 Å². The number of nitriles is 1. The molecule has 108 valence electrons. The maximum atomic E-state index is 9.19. The third kappa shape index (κ3) is 4.28. The number of ether oxygens (including phenoxy) is 2. The van der Waals surface area contributed by atoms with E-state index in [2.05, 4.69) is 15.9 Å². The summed E-state index contributed by atoms with van der Waals surface area (Å²) in [5.74, 6) is 1.76. The number of halogens is 3. The minimum atomic E-state index is 0.281. The normalized spacial score (nSPS) is 10.0. The van der Waals surface area contributed by atoms with Crippen LogP contribution in [0.4, 0.5) is 0 Å². The maximum Gasteiger partial charge on any atom is 0.155 e. The van der Waals surface area contributed by atoms with Crippen molar-refractivity contribution in [2.24, 2.45) is 0 Å². The minimum Gasteiger partial charge on any atom is -0.489 e. The van der Waals surface area contributed by atoms with Crippen molar-refractivity contribution in [1.82, 2.24) is 0 Å². The van der Waals surface area contributed by atoms with Crippen LogP contribution in [0, 0.1) is 11.3 Å².